The van der Waals surface area contributed by atoms with Gasteiger partial charge in [-0.1, -0.05) is 49.8 Å². The third kappa shape index (κ3) is 5.96. The van der Waals surface area contributed by atoms with E-state index in [2.05, 4.69) is 33.1 Å². The molecular weight excluding hydrogens is 144 g/mol. The first-order chi connectivity index (χ1) is 5.70. The zero-order valence-electron chi connectivity index (χ0n) is 8.40. The summed E-state index contributed by atoms with van der Waals surface area (Å²) in [4.78, 5) is 0. The Kier molecular flexibility index (Phi) is 6.45. The molecule has 0 heterocycles. The molecule has 0 bridgehead atoms. The Bertz CT molecular complexity index is 172. The second kappa shape index (κ2) is 6.90. The lowest BCUT2D eigenvalue weighted by Gasteiger charge is -1.98. The van der Waals surface area contributed by atoms with Crippen LogP contribution < -0.4 is 0 Å². The van der Waals surface area contributed by atoms with E-state index in [1.54, 1.807) is 0 Å². The van der Waals surface area contributed by atoms with Crippen LogP contribution in [0, 0.1) is 0 Å². The van der Waals surface area contributed by atoms with Crippen molar-refractivity contribution in [3.05, 3.63) is 36.5 Å². The van der Waals surface area contributed by atoms with Gasteiger partial charge in [-0.2, -0.15) is 0 Å². The summed E-state index contributed by atoms with van der Waals surface area (Å²) in [5.41, 5.74) is 2.63. The molecule has 0 aliphatic rings. The largest absolute Gasteiger partial charge is 0.0988 e. The van der Waals surface area contributed by atoms with Crippen LogP contribution in [0.3, 0.4) is 0 Å². The van der Waals surface area contributed by atoms with Crippen molar-refractivity contribution in [2.45, 2.75) is 39.5 Å². The highest BCUT2D eigenvalue weighted by molar-refractivity contribution is 5.12. The van der Waals surface area contributed by atoms with E-state index in [1.807, 2.05) is 6.08 Å². The second-order valence-corrected chi connectivity index (χ2v) is 3.20. The van der Waals surface area contributed by atoms with Crippen molar-refractivity contribution < 1.29 is 0 Å². The number of hydrogen-bond donors (Lipinski definition) is 0. The summed E-state index contributed by atoms with van der Waals surface area (Å²) in [6.07, 6.45) is 8.76. The Morgan fingerprint density at radius 2 is 2.00 bits per heavy atom. The van der Waals surface area contributed by atoms with Gasteiger partial charge in [-0.3, -0.25) is 0 Å². The number of hydrogen-bond acceptors (Lipinski definition) is 0. The third-order valence-electron chi connectivity index (χ3n) is 1.89. The summed E-state index contributed by atoms with van der Waals surface area (Å²) in [6, 6.07) is 0. The van der Waals surface area contributed by atoms with Crippen LogP contribution in [-0.4, -0.2) is 0 Å². The molecule has 0 saturated carbocycles. The first-order valence-corrected chi connectivity index (χ1v) is 4.66. The lowest BCUT2D eigenvalue weighted by atomic mass is 10.1. The molecule has 0 unspecified atom stereocenters. The molecule has 12 heavy (non-hydrogen) atoms. The van der Waals surface area contributed by atoms with E-state index in [4.69, 9.17) is 0 Å². The van der Waals surface area contributed by atoms with Crippen LogP contribution in [-0.2, 0) is 0 Å². The Hall–Kier alpha value is -0.780. The molecule has 68 valence electrons. The maximum Gasteiger partial charge on any atom is -0.0250 e. The van der Waals surface area contributed by atoms with E-state index < -0.39 is 0 Å². The molecule has 0 radical (unpaired) electrons. The molecule has 0 nitrogen and oxygen atoms in total. The summed E-state index contributed by atoms with van der Waals surface area (Å²) in [5.74, 6) is 0. The fourth-order valence-corrected chi connectivity index (χ4v) is 1.10. The topological polar surface area (TPSA) is 0 Å². The molecule has 0 fully saturated rings. The Labute approximate surface area is 76.7 Å². The molecular formula is C12H20. The minimum Gasteiger partial charge on any atom is -0.0988 e. The zero-order valence-corrected chi connectivity index (χ0v) is 8.40. The van der Waals surface area contributed by atoms with Crippen molar-refractivity contribution in [3.63, 3.8) is 0 Å². The Morgan fingerprint density at radius 1 is 1.33 bits per heavy atom. The van der Waals surface area contributed by atoms with Crippen LogP contribution in [0.15, 0.2) is 36.5 Å². The monoisotopic (exact) mass is 164 g/mol. The predicted octanol–water partition coefficient (Wildman–Crippen LogP) is 4.26. The lowest BCUT2D eigenvalue weighted by molar-refractivity contribution is 0.885. The summed E-state index contributed by atoms with van der Waals surface area (Å²) in [6.45, 7) is 11.9. The molecule has 0 aromatic heterocycles. The van der Waals surface area contributed by atoms with Gasteiger partial charge in [-0.25, -0.2) is 0 Å². The molecule has 0 aliphatic carbocycles. The second-order valence-electron chi connectivity index (χ2n) is 3.20. The first kappa shape index (κ1) is 11.2. The molecule has 0 amide bonds. The van der Waals surface area contributed by atoms with Gasteiger partial charge in [0.1, 0.15) is 0 Å². The zero-order chi connectivity index (χ0) is 9.40. The van der Waals surface area contributed by atoms with Gasteiger partial charge in [-0.05, 0) is 26.2 Å². The van der Waals surface area contributed by atoms with Crippen LogP contribution in [0.5, 0.6) is 0 Å². The SMILES string of the molecule is C=CC(=C)CC/C=C(\C)CCC. The average molecular weight is 164 g/mol. The van der Waals surface area contributed by atoms with Crippen LogP contribution in [0.1, 0.15) is 39.5 Å². The molecule has 0 rings (SSSR count). The van der Waals surface area contributed by atoms with Crippen molar-refractivity contribution >= 4 is 0 Å². The molecule has 0 heteroatoms. The van der Waals surface area contributed by atoms with Gasteiger partial charge in [0.25, 0.3) is 0 Å². The van der Waals surface area contributed by atoms with Gasteiger partial charge in [0.05, 0.1) is 0 Å². The lowest BCUT2D eigenvalue weighted by Crippen LogP contribution is -1.78. The normalized spacial score (nSPS) is 11.3. The highest BCUT2D eigenvalue weighted by atomic mass is 13.9. The van der Waals surface area contributed by atoms with Gasteiger partial charge < -0.3 is 0 Å². The third-order valence-corrected chi connectivity index (χ3v) is 1.89. The number of allylic oxidation sites excluding steroid dienone is 4. The first-order valence-electron chi connectivity index (χ1n) is 4.66. The van der Waals surface area contributed by atoms with Crippen molar-refractivity contribution in [1.82, 2.24) is 0 Å². The van der Waals surface area contributed by atoms with E-state index in [0.29, 0.717) is 0 Å². The van der Waals surface area contributed by atoms with Crippen molar-refractivity contribution in [1.29, 1.82) is 0 Å². The van der Waals surface area contributed by atoms with Crippen LogP contribution >= 0.6 is 0 Å². The maximum atomic E-state index is 3.87. The fourth-order valence-electron chi connectivity index (χ4n) is 1.10. The summed E-state index contributed by atoms with van der Waals surface area (Å²) >= 11 is 0. The van der Waals surface area contributed by atoms with E-state index >= 15 is 0 Å². The smallest absolute Gasteiger partial charge is 0.0250 e. The summed E-state index contributed by atoms with van der Waals surface area (Å²) in [5, 5.41) is 0. The predicted molar refractivity (Wildman–Crippen MR) is 57.2 cm³/mol. The maximum absolute atomic E-state index is 3.87. The van der Waals surface area contributed by atoms with E-state index in [9.17, 15) is 0 Å². The molecule has 0 aromatic rings. The van der Waals surface area contributed by atoms with Crippen molar-refractivity contribution in [2.24, 2.45) is 0 Å². The van der Waals surface area contributed by atoms with E-state index in [1.165, 1.54) is 18.4 Å². The van der Waals surface area contributed by atoms with E-state index in [0.717, 1.165) is 18.4 Å². The Balaban J connectivity index is 3.58. The highest BCUT2D eigenvalue weighted by Crippen LogP contribution is 2.09. The van der Waals surface area contributed by atoms with E-state index in [-0.39, 0.29) is 0 Å². The van der Waals surface area contributed by atoms with Crippen LogP contribution in [0.4, 0.5) is 0 Å². The molecule has 0 saturated heterocycles. The molecule has 0 aromatic carbocycles. The number of rotatable bonds is 6. The van der Waals surface area contributed by atoms with Crippen LogP contribution in [0.25, 0.3) is 0 Å². The average Bonchev–Trinajstić information content (AvgIpc) is 2.04. The molecule has 0 aliphatic heterocycles. The standard InChI is InChI=1S/C12H20/c1-5-8-12(4)10-7-9-11(3)6-2/h6,10H,2-3,5,7-9H2,1,4H3/b12-10+. The molecule has 0 spiro atoms. The molecule has 0 atom stereocenters. The van der Waals surface area contributed by atoms with Gasteiger partial charge in [0.15, 0.2) is 0 Å². The van der Waals surface area contributed by atoms with Crippen molar-refractivity contribution in [2.75, 3.05) is 0 Å². The summed E-state index contributed by atoms with van der Waals surface area (Å²) in [7, 11) is 0. The van der Waals surface area contributed by atoms with Gasteiger partial charge in [-0.15, -0.1) is 0 Å². The minimum atomic E-state index is 1.05. The van der Waals surface area contributed by atoms with Gasteiger partial charge in [0, 0.05) is 0 Å². The van der Waals surface area contributed by atoms with Crippen molar-refractivity contribution in [3.8, 4) is 0 Å². The Morgan fingerprint density at radius 3 is 2.50 bits per heavy atom. The summed E-state index contributed by atoms with van der Waals surface area (Å²) < 4.78 is 0. The van der Waals surface area contributed by atoms with Gasteiger partial charge in [0.2, 0.25) is 0 Å². The fraction of sp³-hybridized carbons (Fsp3) is 0.500. The quantitative estimate of drug-likeness (QED) is 0.406. The highest BCUT2D eigenvalue weighted by Gasteiger charge is 1.88. The van der Waals surface area contributed by atoms with Crippen LogP contribution in [0.2, 0.25) is 0 Å². The minimum absolute atomic E-state index is 1.05. The van der Waals surface area contributed by atoms with Gasteiger partial charge >= 0.3 is 0 Å². The molecule has 0 N–H and O–H groups in total.